The lowest BCUT2D eigenvalue weighted by Gasteiger charge is -2.28. The smallest absolute Gasteiger partial charge is 0.166 e. The van der Waals surface area contributed by atoms with Crippen molar-refractivity contribution >= 4 is 5.78 Å². The number of benzene rings is 1. The normalized spacial score (nSPS) is 30.4. The molecule has 0 amide bonds. The molecule has 2 saturated heterocycles. The monoisotopic (exact) mass is 251 g/mol. The molecule has 1 N–H and O–H groups in total. The molecule has 4 heteroatoms. The Bertz CT molecular complexity index is 456. The molecule has 2 unspecified atom stereocenters. The van der Waals surface area contributed by atoms with Crippen molar-refractivity contribution in [3.63, 3.8) is 0 Å². The zero-order valence-corrected chi connectivity index (χ0v) is 9.96. The summed E-state index contributed by atoms with van der Waals surface area (Å²) in [6.07, 6.45) is 3.78. The van der Waals surface area contributed by atoms with Gasteiger partial charge in [0.1, 0.15) is 11.6 Å². The minimum absolute atomic E-state index is 0.0926. The molecule has 3 rings (SSSR count). The molecule has 1 aromatic carbocycles. The Kier molecular flexibility index (Phi) is 2.90. The van der Waals surface area contributed by atoms with E-state index in [1.807, 2.05) is 0 Å². The summed E-state index contributed by atoms with van der Waals surface area (Å²) in [6.45, 7) is 0. The minimum Gasteiger partial charge on any atom is -0.311 e. The Balaban J connectivity index is 1.81. The fourth-order valence-electron chi connectivity index (χ4n) is 3.20. The lowest BCUT2D eigenvalue weighted by Crippen LogP contribution is -2.40. The summed E-state index contributed by atoms with van der Waals surface area (Å²) in [7, 11) is 0. The first kappa shape index (κ1) is 11.8. The molecule has 18 heavy (non-hydrogen) atoms. The number of hydrogen-bond acceptors (Lipinski definition) is 2. The molecule has 2 fully saturated rings. The van der Waals surface area contributed by atoms with Gasteiger partial charge in [-0.3, -0.25) is 4.79 Å². The molecule has 0 aliphatic carbocycles. The van der Waals surface area contributed by atoms with Gasteiger partial charge in [-0.2, -0.15) is 0 Å². The predicted octanol–water partition coefficient (Wildman–Crippen LogP) is 2.68. The molecular formula is C14H15F2NO. The van der Waals surface area contributed by atoms with E-state index in [0.29, 0.717) is 12.1 Å². The van der Waals surface area contributed by atoms with Crippen LogP contribution in [0.3, 0.4) is 0 Å². The van der Waals surface area contributed by atoms with Crippen molar-refractivity contribution in [1.82, 2.24) is 5.32 Å². The van der Waals surface area contributed by atoms with Gasteiger partial charge in [-0.25, -0.2) is 8.78 Å². The first-order valence-corrected chi connectivity index (χ1v) is 6.38. The quantitative estimate of drug-likeness (QED) is 0.819. The maximum atomic E-state index is 13.1. The van der Waals surface area contributed by atoms with Crippen LogP contribution in [0, 0.1) is 17.6 Å². The van der Waals surface area contributed by atoms with E-state index in [2.05, 4.69) is 5.32 Å². The third-order valence-electron chi connectivity index (χ3n) is 3.99. The average Bonchev–Trinajstić information content (AvgIpc) is 2.66. The third-order valence-corrected chi connectivity index (χ3v) is 3.99. The zero-order chi connectivity index (χ0) is 12.7. The van der Waals surface area contributed by atoms with Crippen LogP contribution in [-0.4, -0.2) is 17.9 Å². The van der Waals surface area contributed by atoms with E-state index >= 15 is 0 Å². The molecule has 2 bridgehead atoms. The van der Waals surface area contributed by atoms with Crippen molar-refractivity contribution in [3.8, 4) is 0 Å². The number of piperidine rings is 1. The van der Waals surface area contributed by atoms with E-state index in [1.165, 1.54) is 0 Å². The summed E-state index contributed by atoms with van der Waals surface area (Å²) in [5, 5.41) is 3.45. The molecular weight excluding hydrogens is 236 g/mol. The summed E-state index contributed by atoms with van der Waals surface area (Å²) in [5.74, 6) is -1.58. The maximum absolute atomic E-state index is 13.1. The highest BCUT2D eigenvalue weighted by Gasteiger charge is 2.36. The first-order valence-electron chi connectivity index (χ1n) is 6.38. The lowest BCUT2D eigenvalue weighted by atomic mass is 9.86. The third kappa shape index (κ3) is 2.17. The van der Waals surface area contributed by atoms with E-state index in [0.717, 1.165) is 43.9 Å². The number of carbonyl (C=O) groups excluding carboxylic acids is 1. The molecule has 0 aromatic heterocycles. The summed E-state index contributed by atoms with van der Waals surface area (Å²) in [4.78, 5) is 12.3. The number of halogens is 2. The van der Waals surface area contributed by atoms with Crippen LogP contribution in [0.15, 0.2) is 18.2 Å². The van der Waals surface area contributed by atoms with Crippen LogP contribution in [0.1, 0.15) is 36.0 Å². The van der Waals surface area contributed by atoms with Crippen LogP contribution in [0.2, 0.25) is 0 Å². The molecule has 0 saturated carbocycles. The molecule has 2 aliphatic heterocycles. The highest BCUT2D eigenvalue weighted by molar-refractivity contribution is 5.98. The number of nitrogens with one attached hydrogen (secondary N) is 1. The van der Waals surface area contributed by atoms with Gasteiger partial charge in [-0.05, 0) is 37.8 Å². The molecule has 2 atom stereocenters. The largest absolute Gasteiger partial charge is 0.311 e. The predicted molar refractivity (Wildman–Crippen MR) is 63.4 cm³/mol. The Morgan fingerprint density at radius 1 is 1.06 bits per heavy atom. The van der Waals surface area contributed by atoms with Crippen LogP contribution >= 0.6 is 0 Å². The van der Waals surface area contributed by atoms with Crippen LogP contribution in [-0.2, 0) is 0 Å². The summed E-state index contributed by atoms with van der Waals surface area (Å²) >= 11 is 0. The van der Waals surface area contributed by atoms with Crippen molar-refractivity contribution in [2.45, 2.75) is 37.8 Å². The van der Waals surface area contributed by atoms with E-state index in [4.69, 9.17) is 0 Å². The standard InChI is InChI=1S/C14H15F2NO/c15-10-3-8(4-11(16)7-10)14(18)9-5-12-1-2-13(6-9)17-12/h3-4,7,9,12-13,17H,1-2,5-6H2. The summed E-state index contributed by atoms with van der Waals surface area (Å²) in [6, 6.07) is 3.86. The molecule has 2 aliphatic rings. The first-order chi connectivity index (χ1) is 8.61. The molecule has 2 nitrogen and oxygen atoms in total. The van der Waals surface area contributed by atoms with Gasteiger partial charge in [0, 0.05) is 29.6 Å². The van der Waals surface area contributed by atoms with Gasteiger partial charge >= 0.3 is 0 Å². The van der Waals surface area contributed by atoms with E-state index < -0.39 is 11.6 Å². The van der Waals surface area contributed by atoms with Gasteiger partial charge in [0.05, 0.1) is 0 Å². The van der Waals surface area contributed by atoms with Crippen molar-refractivity contribution in [1.29, 1.82) is 0 Å². The van der Waals surface area contributed by atoms with Crippen LogP contribution in [0.5, 0.6) is 0 Å². The minimum atomic E-state index is -0.685. The summed E-state index contributed by atoms with van der Waals surface area (Å²) < 4.78 is 26.2. The fourth-order valence-corrected chi connectivity index (χ4v) is 3.20. The van der Waals surface area contributed by atoms with Crippen molar-refractivity contribution in [2.24, 2.45) is 5.92 Å². The van der Waals surface area contributed by atoms with Crippen molar-refractivity contribution < 1.29 is 13.6 Å². The van der Waals surface area contributed by atoms with Crippen LogP contribution in [0.25, 0.3) is 0 Å². The SMILES string of the molecule is O=C(c1cc(F)cc(F)c1)C1CC2CCC(C1)N2. The number of Topliss-reactive ketones (excluding diaryl/α,β-unsaturated/α-hetero) is 1. The topological polar surface area (TPSA) is 29.1 Å². The highest BCUT2D eigenvalue weighted by Crippen LogP contribution is 2.33. The molecule has 2 heterocycles. The Labute approximate surface area is 104 Å². The van der Waals surface area contributed by atoms with Gasteiger partial charge in [-0.15, -0.1) is 0 Å². The average molecular weight is 251 g/mol. The number of fused-ring (bicyclic) bond motifs is 2. The maximum Gasteiger partial charge on any atom is 0.166 e. The second kappa shape index (κ2) is 4.43. The zero-order valence-electron chi connectivity index (χ0n) is 9.96. The summed E-state index contributed by atoms with van der Waals surface area (Å²) in [5.41, 5.74) is 0.166. The van der Waals surface area contributed by atoms with Crippen molar-refractivity contribution in [3.05, 3.63) is 35.4 Å². The van der Waals surface area contributed by atoms with E-state index in [1.54, 1.807) is 0 Å². The van der Waals surface area contributed by atoms with Gasteiger partial charge in [-0.1, -0.05) is 0 Å². The number of ketones is 1. The fraction of sp³-hybridized carbons (Fsp3) is 0.500. The number of rotatable bonds is 2. The molecule has 0 radical (unpaired) electrons. The van der Waals surface area contributed by atoms with Crippen LogP contribution < -0.4 is 5.32 Å². The van der Waals surface area contributed by atoms with E-state index in [-0.39, 0.29) is 17.3 Å². The Morgan fingerprint density at radius 2 is 1.61 bits per heavy atom. The van der Waals surface area contributed by atoms with Gasteiger partial charge in [0.2, 0.25) is 0 Å². The van der Waals surface area contributed by atoms with Crippen molar-refractivity contribution in [2.75, 3.05) is 0 Å². The molecule has 96 valence electrons. The lowest BCUT2D eigenvalue weighted by molar-refractivity contribution is 0.0874. The molecule has 1 aromatic rings. The second-order valence-electron chi connectivity index (χ2n) is 5.33. The van der Waals surface area contributed by atoms with E-state index in [9.17, 15) is 13.6 Å². The second-order valence-corrected chi connectivity index (χ2v) is 5.33. The molecule has 0 spiro atoms. The van der Waals surface area contributed by atoms with Gasteiger partial charge < -0.3 is 5.32 Å². The van der Waals surface area contributed by atoms with Gasteiger partial charge in [0.15, 0.2) is 5.78 Å². The van der Waals surface area contributed by atoms with Gasteiger partial charge in [0.25, 0.3) is 0 Å². The number of carbonyl (C=O) groups is 1. The highest BCUT2D eigenvalue weighted by atomic mass is 19.1. The Morgan fingerprint density at radius 3 is 2.17 bits per heavy atom. The Hall–Kier alpha value is -1.29. The van der Waals surface area contributed by atoms with Crippen LogP contribution in [0.4, 0.5) is 8.78 Å². The number of hydrogen-bond donors (Lipinski definition) is 1.